The number of rotatable bonds is 5. The Kier molecular flexibility index (Phi) is 5.77. The summed E-state index contributed by atoms with van der Waals surface area (Å²) in [7, 11) is 1.83. The fourth-order valence-electron chi connectivity index (χ4n) is 3.97. The number of amides is 1. The first-order valence-electron chi connectivity index (χ1n) is 10.1. The number of hydrogen-bond donors (Lipinski definition) is 4. The third kappa shape index (κ3) is 4.17. The number of ether oxygens (including phenoxy) is 1. The van der Waals surface area contributed by atoms with Crippen molar-refractivity contribution in [2.75, 3.05) is 5.32 Å². The minimum absolute atomic E-state index is 0.0646. The molecule has 0 bridgehead atoms. The molecule has 1 aliphatic carbocycles. The second-order valence-corrected chi connectivity index (χ2v) is 7.63. The summed E-state index contributed by atoms with van der Waals surface area (Å²) in [5.41, 5.74) is 4.74. The van der Waals surface area contributed by atoms with Crippen molar-refractivity contribution in [2.24, 2.45) is 23.8 Å². The number of halogens is 1. The molecule has 0 spiro atoms. The number of aryl methyl sites for hydroxylation is 1. The van der Waals surface area contributed by atoms with Crippen LogP contribution in [0, 0.1) is 5.82 Å². The van der Waals surface area contributed by atoms with Crippen LogP contribution in [0.2, 0.25) is 0 Å². The number of carbonyl (C=O) groups excluding carboxylic acids is 1. The quantitative estimate of drug-likeness (QED) is 0.217. The molecule has 1 aromatic heterocycles. The van der Waals surface area contributed by atoms with Gasteiger partial charge in [-0.25, -0.2) is 10.2 Å². The highest BCUT2D eigenvalue weighted by Crippen LogP contribution is 2.28. The third-order valence-electron chi connectivity index (χ3n) is 5.56. The van der Waals surface area contributed by atoms with Gasteiger partial charge in [-0.1, -0.05) is 12.1 Å². The van der Waals surface area contributed by atoms with Gasteiger partial charge >= 0.3 is 0 Å². The number of benzene rings is 2. The van der Waals surface area contributed by atoms with Gasteiger partial charge in [-0.3, -0.25) is 4.79 Å². The predicted molar refractivity (Wildman–Crippen MR) is 118 cm³/mol. The zero-order valence-electron chi connectivity index (χ0n) is 17.2. The summed E-state index contributed by atoms with van der Waals surface area (Å²) in [5.74, 6) is 10.5. The molecule has 0 aliphatic heterocycles. The van der Waals surface area contributed by atoms with E-state index in [2.05, 4.69) is 15.8 Å². The van der Waals surface area contributed by atoms with E-state index in [-0.39, 0.29) is 17.8 Å². The van der Waals surface area contributed by atoms with Gasteiger partial charge in [0.15, 0.2) is 17.4 Å². The minimum atomic E-state index is -0.491. The number of nitrogens with zero attached hydrogens (tertiary/aromatic N) is 2. The summed E-state index contributed by atoms with van der Waals surface area (Å²) in [5, 5.41) is 7.10. The van der Waals surface area contributed by atoms with Crippen molar-refractivity contribution < 1.29 is 13.9 Å². The van der Waals surface area contributed by atoms with Crippen molar-refractivity contribution in [3.8, 4) is 5.75 Å². The normalized spacial score (nSPS) is 14.7. The topological polar surface area (TPSA) is 120 Å². The van der Waals surface area contributed by atoms with Gasteiger partial charge in [-0.2, -0.15) is 5.10 Å². The number of nitrogens with one attached hydrogen (secondary N) is 2. The van der Waals surface area contributed by atoms with Crippen LogP contribution in [0.3, 0.4) is 0 Å². The predicted octanol–water partition coefficient (Wildman–Crippen LogP) is 2.97. The standard InChI is InChI=1S/C22H25FN6O2/c1-29-12-17(16-8-6-13(10-19(16)29)21(27-24)28-25)22(30)26-14-7-9-20(18(23)11-14)31-15-4-2-3-5-15/h6-12,15H,2-5,24-25H2,1H3,(H,26,30)(H,27,28). The van der Waals surface area contributed by atoms with Crippen LogP contribution in [0.15, 0.2) is 47.7 Å². The molecule has 0 unspecified atom stereocenters. The van der Waals surface area contributed by atoms with Crippen LogP contribution >= 0.6 is 0 Å². The molecule has 1 amide bonds. The smallest absolute Gasteiger partial charge is 0.257 e. The summed E-state index contributed by atoms with van der Waals surface area (Å²) < 4.78 is 22.0. The number of hydrogen-bond acceptors (Lipinski definition) is 5. The van der Waals surface area contributed by atoms with Gasteiger partial charge in [0.25, 0.3) is 5.91 Å². The number of nitrogens with two attached hydrogens (primary N) is 2. The SMILES string of the molecule is Cn1cc(C(=O)Nc2ccc(OC3CCCC3)c(F)c2)c2ccc(/C(=N/N)NN)cc21. The number of hydrazine groups is 1. The highest BCUT2D eigenvalue weighted by Gasteiger charge is 2.19. The molecule has 6 N–H and O–H groups in total. The van der Waals surface area contributed by atoms with E-state index in [1.54, 1.807) is 30.5 Å². The summed E-state index contributed by atoms with van der Waals surface area (Å²) in [4.78, 5) is 12.9. The highest BCUT2D eigenvalue weighted by molar-refractivity contribution is 6.14. The number of hydrazone groups is 1. The molecule has 0 radical (unpaired) electrons. The van der Waals surface area contributed by atoms with E-state index in [1.807, 2.05) is 17.7 Å². The van der Waals surface area contributed by atoms with Crippen molar-refractivity contribution in [2.45, 2.75) is 31.8 Å². The molecule has 31 heavy (non-hydrogen) atoms. The van der Waals surface area contributed by atoms with Crippen LogP contribution in [-0.2, 0) is 7.05 Å². The summed E-state index contributed by atoms with van der Waals surface area (Å²) in [6.07, 6.45) is 5.88. The van der Waals surface area contributed by atoms with Crippen molar-refractivity contribution in [1.82, 2.24) is 9.99 Å². The van der Waals surface area contributed by atoms with Gasteiger partial charge in [-0.15, -0.1) is 0 Å². The lowest BCUT2D eigenvalue weighted by molar-refractivity contribution is 0.102. The Bertz CT molecular complexity index is 1150. The number of aromatic nitrogens is 1. The van der Waals surface area contributed by atoms with Crippen molar-refractivity contribution in [3.63, 3.8) is 0 Å². The summed E-state index contributed by atoms with van der Waals surface area (Å²) in [6, 6.07) is 9.87. The molecule has 0 saturated heterocycles. The Morgan fingerprint density at radius 3 is 2.68 bits per heavy atom. The third-order valence-corrected chi connectivity index (χ3v) is 5.56. The molecule has 3 aromatic rings. The average molecular weight is 424 g/mol. The van der Waals surface area contributed by atoms with Crippen LogP contribution in [-0.4, -0.2) is 22.4 Å². The van der Waals surface area contributed by atoms with E-state index < -0.39 is 5.82 Å². The average Bonchev–Trinajstić information content (AvgIpc) is 3.39. The van der Waals surface area contributed by atoms with Crippen LogP contribution in [0.4, 0.5) is 10.1 Å². The molecule has 2 aromatic carbocycles. The first-order chi connectivity index (χ1) is 15.0. The second-order valence-electron chi connectivity index (χ2n) is 7.63. The van der Waals surface area contributed by atoms with Crippen molar-refractivity contribution >= 4 is 28.3 Å². The highest BCUT2D eigenvalue weighted by atomic mass is 19.1. The molecule has 9 heteroatoms. The lowest BCUT2D eigenvalue weighted by atomic mass is 10.1. The van der Waals surface area contributed by atoms with E-state index in [0.717, 1.165) is 36.6 Å². The largest absolute Gasteiger partial charge is 0.487 e. The molecule has 4 rings (SSSR count). The van der Waals surface area contributed by atoms with Gasteiger partial charge in [0.2, 0.25) is 0 Å². The number of anilines is 1. The Morgan fingerprint density at radius 1 is 1.23 bits per heavy atom. The molecular formula is C22H25FN6O2. The van der Waals surface area contributed by atoms with Gasteiger partial charge in [0, 0.05) is 41.5 Å². The lowest BCUT2D eigenvalue weighted by Crippen LogP contribution is -2.32. The number of amidine groups is 1. The molecule has 0 atom stereocenters. The zero-order chi connectivity index (χ0) is 22.0. The Hall–Kier alpha value is -3.59. The summed E-state index contributed by atoms with van der Waals surface area (Å²) >= 11 is 0. The van der Waals surface area contributed by atoms with E-state index in [1.165, 1.54) is 6.07 Å². The minimum Gasteiger partial charge on any atom is -0.487 e. The molecule has 1 heterocycles. The first-order valence-corrected chi connectivity index (χ1v) is 10.1. The maximum atomic E-state index is 14.5. The van der Waals surface area contributed by atoms with Crippen LogP contribution in [0.1, 0.15) is 41.6 Å². The molecular weight excluding hydrogens is 399 g/mol. The molecule has 1 fully saturated rings. The van der Waals surface area contributed by atoms with E-state index >= 15 is 0 Å². The molecule has 1 aliphatic rings. The zero-order valence-corrected chi connectivity index (χ0v) is 17.2. The van der Waals surface area contributed by atoms with Gasteiger partial charge in [0.1, 0.15) is 0 Å². The number of carbonyl (C=O) groups is 1. The lowest BCUT2D eigenvalue weighted by Gasteiger charge is -2.14. The van der Waals surface area contributed by atoms with Crippen molar-refractivity contribution in [1.29, 1.82) is 0 Å². The Labute approximate surface area is 179 Å². The van der Waals surface area contributed by atoms with Crippen LogP contribution in [0.5, 0.6) is 5.75 Å². The fourth-order valence-corrected chi connectivity index (χ4v) is 3.97. The maximum Gasteiger partial charge on any atom is 0.257 e. The molecule has 8 nitrogen and oxygen atoms in total. The van der Waals surface area contributed by atoms with Gasteiger partial charge in [-0.05, 0) is 43.9 Å². The van der Waals surface area contributed by atoms with Crippen LogP contribution < -0.4 is 27.2 Å². The van der Waals surface area contributed by atoms with Crippen LogP contribution in [0.25, 0.3) is 10.9 Å². The fraction of sp³-hybridized carbons (Fsp3) is 0.273. The van der Waals surface area contributed by atoms with Crippen molar-refractivity contribution in [3.05, 3.63) is 59.5 Å². The maximum absolute atomic E-state index is 14.5. The van der Waals surface area contributed by atoms with Gasteiger partial charge < -0.3 is 25.9 Å². The molecule has 1 saturated carbocycles. The Balaban J connectivity index is 1.55. The van der Waals surface area contributed by atoms with Gasteiger partial charge in [0.05, 0.1) is 11.7 Å². The molecule has 162 valence electrons. The van der Waals surface area contributed by atoms with E-state index in [0.29, 0.717) is 22.6 Å². The van der Waals surface area contributed by atoms with E-state index in [4.69, 9.17) is 16.4 Å². The van der Waals surface area contributed by atoms with E-state index in [9.17, 15) is 9.18 Å². The monoisotopic (exact) mass is 424 g/mol. The Morgan fingerprint density at radius 2 is 2.00 bits per heavy atom. The first kappa shape index (κ1) is 20.7. The number of fused-ring (bicyclic) bond motifs is 1. The summed E-state index contributed by atoms with van der Waals surface area (Å²) in [6.45, 7) is 0. The second kappa shape index (κ2) is 8.65.